The minimum Gasteiger partial charge on any atom is -0.393 e. The fourth-order valence-electron chi connectivity index (χ4n) is 9.66. The third kappa shape index (κ3) is 2.55. The predicted octanol–water partition coefficient (Wildman–Crippen LogP) is 5.71. The van der Waals surface area contributed by atoms with E-state index in [0.717, 1.165) is 43.6 Å². The maximum atomic E-state index is 10.3. The van der Waals surface area contributed by atoms with Gasteiger partial charge in [0.2, 0.25) is 0 Å². The summed E-state index contributed by atoms with van der Waals surface area (Å²) in [5.41, 5.74) is 2.31. The van der Waals surface area contributed by atoms with E-state index in [-0.39, 0.29) is 11.9 Å². The van der Waals surface area contributed by atoms with E-state index in [4.69, 9.17) is 9.47 Å². The molecule has 5 fully saturated rings. The van der Waals surface area contributed by atoms with Gasteiger partial charge < -0.3 is 14.6 Å². The van der Waals surface area contributed by atoms with Crippen molar-refractivity contribution in [3.8, 4) is 0 Å². The summed E-state index contributed by atoms with van der Waals surface area (Å²) in [5.74, 6) is 3.94. The van der Waals surface area contributed by atoms with Crippen LogP contribution < -0.4 is 0 Å². The average Bonchev–Trinajstić information content (AvgIpc) is 3.16. The van der Waals surface area contributed by atoms with Crippen LogP contribution in [-0.4, -0.2) is 29.7 Å². The molecule has 0 amide bonds. The fraction of sp³-hybridized carbons (Fsp3) is 0.926. The lowest BCUT2D eigenvalue weighted by atomic mass is 9.47. The Kier molecular flexibility index (Phi) is 4.44. The van der Waals surface area contributed by atoms with Crippen molar-refractivity contribution in [2.45, 2.75) is 103 Å². The molecular weight excluding hydrogens is 372 g/mol. The molecule has 0 aromatic carbocycles. The molecule has 4 aliphatic carbocycles. The van der Waals surface area contributed by atoms with Gasteiger partial charge in [0, 0.05) is 12.3 Å². The molecule has 6 unspecified atom stereocenters. The van der Waals surface area contributed by atoms with Crippen LogP contribution in [0.3, 0.4) is 0 Å². The van der Waals surface area contributed by atoms with Gasteiger partial charge in [0.1, 0.15) is 0 Å². The first-order chi connectivity index (χ1) is 14.3. The van der Waals surface area contributed by atoms with Gasteiger partial charge in [-0.3, -0.25) is 0 Å². The Labute approximate surface area is 183 Å². The first kappa shape index (κ1) is 20.2. The number of hydrogen-bond donors (Lipinski definition) is 1. The van der Waals surface area contributed by atoms with E-state index in [0.29, 0.717) is 34.7 Å². The van der Waals surface area contributed by atoms with E-state index in [1.165, 1.54) is 38.5 Å². The minimum absolute atomic E-state index is 0.107. The summed E-state index contributed by atoms with van der Waals surface area (Å²) in [6.45, 7) is 10.8. The third-order valence-corrected chi connectivity index (χ3v) is 11.3. The van der Waals surface area contributed by atoms with E-state index >= 15 is 0 Å². The van der Waals surface area contributed by atoms with E-state index < -0.39 is 0 Å². The Balaban J connectivity index is 1.28. The highest BCUT2D eigenvalue weighted by Crippen LogP contribution is 2.70. The number of allylic oxidation sites excluding steroid dienone is 1. The highest BCUT2D eigenvalue weighted by Gasteiger charge is 2.68. The highest BCUT2D eigenvalue weighted by molar-refractivity contribution is 5.26. The van der Waals surface area contributed by atoms with Crippen LogP contribution in [0.1, 0.15) is 85.5 Å². The summed E-state index contributed by atoms with van der Waals surface area (Å²) in [5, 5.41) is 10.3. The van der Waals surface area contributed by atoms with E-state index in [9.17, 15) is 5.11 Å². The zero-order valence-corrected chi connectivity index (χ0v) is 19.5. The SMILES string of the molecule is CC1CCC2(OC1)O[C@H]1CC3C4CC=C5C[C@@H](O)CC[C@]5(C)C4CC[C@]3(C)C1[C@@H]2C. The first-order valence-electron chi connectivity index (χ1n) is 13.0. The largest absolute Gasteiger partial charge is 0.393 e. The molecule has 1 N–H and O–H groups in total. The lowest BCUT2D eigenvalue weighted by Crippen LogP contribution is -2.52. The van der Waals surface area contributed by atoms with Gasteiger partial charge in [-0.25, -0.2) is 0 Å². The highest BCUT2D eigenvalue weighted by atomic mass is 16.7. The van der Waals surface area contributed by atoms with E-state index in [2.05, 4.69) is 33.8 Å². The van der Waals surface area contributed by atoms with Gasteiger partial charge in [0.15, 0.2) is 5.79 Å². The van der Waals surface area contributed by atoms with Crippen molar-refractivity contribution in [1.29, 1.82) is 0 Å². The molecule has 6 aliphatic rings. The van der Waals surface area contributed by atoms with Crippen LogP contribution in [0, 0.1) is 46.3 Å². The molecule has 3 saturated carbocycles. The van der Waals surface area contributed by atoms with Gasteiger partial charge in [-0.2, -0.15) is 0 Å². The maximum absolute atomic E-state index is 10.3. The van der Waals surface area contributed by atoms with Crippen molar-refractivity contribution in [2.24, 2.45) is 46.3 Å². The normalized spacial score (nSPS) is 59.8. The van der Waals surface area contributed by atoms with Crippen LogP contribution >= 0.6 is 0 Å². The Morgan fingerprint density at radius 3 is 2.63 bits per heavy atom. The van der Waals surface area contributed by atoms with E-state index in [1.807, 2.05) is 0 Å². The smallest absolute Gasteiger partial charge is 0.171 e. The number of rotatable bonds is 0. The molecule has 0 bridgehead atoms. The van der Waals surface area contributed by atoms with Gasteiger partial charge in [-0.05, 0) is 91.8 Å². The molecule has 6 rings (SSSR count). The van der Waals surface area contributed by atoms with Crippen LogP contribution in [0.15, 0.2) is 11.6 Å². The molecule has 3 nitrogen and oxygen atoms in total. The number of ether oxygens (including phenoxy) is 2. The van der Waals surface area contributed by atoms with Crippen molar-refractivity contribution in [2.75, 3.05) is 6.61 Å². The molecule has 168 valence electrons. The summed E-state index contributed by atoms with van der Waals surface area (Å²) >= 11 is 0. The van der Waals surface area contributed by atoms with Crippen LogP contribution in [-0.2, 0) is 9.47 Å². The minimum atomic E-state index is -0.294. The van der Waals surface area contributed by atoms with Crippen LogP contribution in [0.25, 0.3) is 0 Å². The molecule has 0 aromatic heterocycles. The maximum Gasteiger partial charge on any atom is 0.171 e. The number of aliphatic hydroxyl groups excluding tert-OH is 1. The van der Waals surface area contributed by atoms with Crippen LogP contribution in [0.5, 0.6) is 0 Å². The molecule has 1 spiro atoms. The lowest BCUT2D eigenvalue weighted by Gasteiger charge is -2.58. The molecule has 2 saturated heterocycles. The van der Waals surface area contributed by atoms with Gasteiger partial charge in [-0.1, -0.05) is 39.3 Å². The predicted molar refractivity (Wildman–Crippen MR) is 118 cm³/mol. The molecule has 2 heterocycles. The monoisotopic (exact) mass is 414 g/mol. The molecule has 2 aliphatic heterocycles. The number of fused-ring (bicyclic) bond motifs is 7. The number of hydrogen-bond acceptors (Lipinski definition) is 3. The van der Waals surface area contributed by atoms with Gasteiger partial charge >= 0.3 is 0 Å². The van der Waals surface area contributed by atoms with Crippen molar-refractivity contribution < 1.29 is 14.6 Å². The summed E-state index contributed by atoms with van der Waals surface area (Å²) in [7, 11) is 0. The van der Waals surface area contributed by atoms with Crippen molar-refractivity contribution in [3.05, 3.63) is 11.6 Å². The standard InChI is InChI=1S/C27H42O3/c1-16-7-12-27(29-15-16)17(2)24-23(30-27)14-22-20-6-5-18-13-19(28)8-10-25(18,3)21(20)9-11-26(22,24)4/h5,16-17,19-24,28H,6-15H2,1-4H3/t16?,17-,19-,20?,21?,22?,23-,24?,25-,26-,27?/m0/s1. The number of aliphatic hydroxyl groups is 1. The fourth-order valence-corrected chi connectivity index (χ4v) is 9.66. The average molecular weight is 415 g/mol. The second-order valence-corrected chi connectivity index (χ2v) is 12.7. The first-order valence-corrected chi connectivity index (χ1v) is 13.0. The molecule has 11 atom stereocenters. The second kappa shape index (κ2) is 6.58. The molecule has 0 aromatic rings. The Bertz CT molecular complexity index is 736. The van der Waals surface area contributed by atoms with Crippen molar-refractivity contribution >= 4 is 0 Å². The van der Waals surface area contributed by atoms with Gasteiger partial charge in [0.25, 0.3) is 0 Å². The topological polar surface area (TPSA) is 38.7 Å². The molecule has 3 heteroatoms. The third-order valence-electron chi connectivity index (χ3n) is 11.3. The zero-order valence-electron chi connectivity index (χ0n) is 19.5. The Morgan fingerprint density at radius 2 is 1.87 bits per heavy atom. The Hall–Kier alpha value is -0.380. The van der Waals surface area contributed by atoms with Crippen molar-refractivity contribution in [1.82, 2.24) is 0 Å². The van der Waals surface area contributed by atoms with Crippen molar-refractivity contribution in [3.63, 3.8) is 0 Å². The Morgan fingerprint density at radius 1 is 1.03 bits per heavy atom. The summed E-state index contributed by atoms with van der Waals surface area (Å²) in [4.78, 5) is 0. The van der Waals surface area contributed by atoms with Gasteiger partial charge in [-0.15, -0.1) is 0 Å². The quantitative estimate of drug-likeness (QED) is 0.516. The van der Waals surface area contributed by atoms with Crippen LogP contribution in [0.4, 0.5) is 0 Å². The second-order valence-electron chi connectivity index (χ2n) is 12.7. The van der Waals surface area contributed by atoms with Gasteiger partial charge in [0.05, 0.1) is 18.8 Å². The summed E-state index contributed by atoms with van der Waals surface area (Å²) in [6, 6.07) is 0. The lowest BCUT2D eigenvalue weighted by molar-refractivity contribution is -0.272. The van der Waals surface area contributed by atoms with Crippen LogP contribution in [0.2, 0.25) is 0 Å². The summed E-state index contributed by atoms with van der Waals surface area (Å²) < 4.78 is 13.3. The van der Waals surface area contributed by atoms with E-state index in [1.54, 1.807) is 5.57 Å². The molecule has 0 radical (unpaired) electrons. The zero-order chi connectivity index (χ0) is 20.9. The molecule has 30 heavy (non-hydrogen) atoms. The molecular formula is C27H42O3. The summed E-state index contributed by atoms with van der Waals surface area (Å²) in [6.07, 6.45) is 13.5.